The zero-order chi connectivity index (χ0) is 21.5. The van der Waals surface area contributed by atoms with Gasteiger partial charge in [0.25, 0.3) is 5.91 Å². The molecule has 0 atom stereocenters. The topological polar surface area (TPSA) is 66.9 Å². The molecule has 2 aliphatic rings. The van der Waals surface area contributed by atoms with Crippen LogP contribution in [0.15, 0.2) is 47.4 Å². The van der Waals surface area contributed by atoms with E-state index in [9.17, 15) is 13.2 Å². The summed E-state index contributed by atoms with van der Waals surface area (Å²) >= 11 is 0. The lowest BCUT2D eigenvalue weighted by molar-refractivity contribution is -0.0857. The molecule has 0 bridgehead atoms. The molecular weight excluding hydrogens is 400 g/mol. The first-order chi connectivity index (χ1) is 14.2. The molecule has 0 aromatic heterocycles. The molecule has 1 spiro atoms. The van der Waals surface area contributed by atoms with Crippen molar-refractivity contribution in [2.45, 2.75) is 44.2 Å². The second-order valence-electron chi connectivity index (χ2n) is 8.28. The number of amides is 1. The number of hydrogen-bond acceptors (Lipinski definition) is 4. The van der Waals surface area contributed by atoms with Gasteiger partial charge in [0.1, 0.15) is 5.72 Å². The second kappa shape index (κ2) is 7.80. The molecule has 7 heteroatoms. The number of carbonyl (C=O) groups is 1. The van der Waals surface area contributed by atoms with E-state index in [1.165, 1.54) is 4.31 Å². The first-order valence-corrected chi connectivity index (χ1v) is 11.8. The van der Waals surface area contributed by atoms with Gasteiger partial charge < -0.3 is 9.64 Å². The summed E-state index contributed by atoms with van der Waals surface area (Å²) in [6.07, 6.45) is 0.934. The predicted octanol–water partition coefficient (Wildman–Crippen LogP) is 3.27. The van der Waals surface area contributed by atoms with Crippen molar-refractivity contribution >= 4 is 15.9 Å². The maximum atomic E-state index is 13.3. The van der Waals surface area contributed by atoms with Crippen LogP contribution in [0.2, 0.25) is 0 Å². The van der Waals surface area contributed by atoms with E-state index in [0.717, 1.165) is 16.7 Å². The van der Waals surface area contributed by atoms with Crippen LogP contribution in [-0.4, -0.2) is 55.5 Å². The largest absolute Gasteiger partial charge is 0.358 e. The summed E-state index contributed by atoms with van der Waals surface area (Å²) in [5, 5.41) is 0. The Morgan fingerprint density at radius 3 is 2.23 bits per heavy atom. The molecule has 6 nitrogen and oxygen atoms in total. The monoisotopic (exact) mass is 428 g/mol. The quantitative estimate of drug-likeness (QED) is 0.753. The van der Waals surface area contributed by atoms with Crippen LogP contribution in [-0.2, 0) is 14.8 Å². The number of ether oxygens (including phenoxy) is 1. The SMILES string of the molecule is Cc1ccc(S(=O)(=O)N2CCOC23CCN(C(=O)c2ccc(C)c(C)c2)CC3)cc1. The maximum absolute atomic E-state index is 13.3. The van der Waals surface area contributed by atoms with Gasteiger partial charge in [0.2, 0.25) is 10.0 Å². The standard InChI is InChI=1S/C23H28N2O4S/c1-17-4-8-21(9-5-17)30(27,28)25-14-15-29-23(25)10-12-24(13-11-23)22(26)20-7-6-18(2)19(3)16-20/h4-9,16H,10-15H2,1-3H3. The van der Waals surface area contributed by atoms with Crippen molar-refractivity contribution in [2.24, 2.45) is 0 Å². The average Bonchev–Trinajstić information content (AvgIpc) is 3.14. The molecule has 0 saturated carbocycles. The molecule has 2 heterocycles. The Hall–Kier alpha value is -2.22. The molecule has 160 valence electrons. The zero-order valence-electron chi connectivity index (χ0n) is 17.7. The Morgan fingerprint density at radius 2 is 1.60 bits per heavy atom. The molecule has 0 aliphatic carbocycles. The minimum atomic E-state index is -3.66. The van der Waals surface area contributed by atoms with Gasteiger partial charge in [-0.15, -0.1) is 0 Å². The van der Waals surface area contributed by atoms with Gasteiger partial charge >= 0.3 is 0 Å². The number of sulfonamides is 1. The van der Waals surface area contributed by atoms with Crippen LogP contribution < -0.4 is 0 Å². The van der Waals surface area contributed by atoms with Crippen LogP contribution >= 0.6 is 0 Å². The summed E-state index contributed by atoms with van der Waals surface area (Å²) < 4.78 is 34.1. The van der Waals surface area contributed by atoms with E-state index in [0.29, 0.717) is 44.6 Å². The molecule has 0 radical (unpaired) electrons. The molecule has 2 fully saturated rings. The Balaban J connectivity index is 1.52. The predicted molar refractivity (Wildman–Crippen MR) is 115 cm³/mol. The van der Waals surface area contributed by atoms with Gasteiger partial charge in [-0.1, -0.05) is 23.8 Å². The van der Waals surface area contributed by atoms with Crippen LogP contribution in [0.4, 0.5) is 0 Å². The molecule has 2 saturated heterocycles. The lowest BCUT2D eigenvalue weighted by atomic mass is 9.99. The number of aryl methyl sites for hydroxylation is 3. The van der Waals surface area contributed by atoms with Gasteiger partial charge in [0.05, 0.1) is 11.5 Å². The van der Waals surface area contributed by atoms with Gasteiger partial charge in [0, 0.05) is 38.0 Å². The smallest absolute Gasteiger partial charge is 0.253 e. The summed E-state index contributed by atoms with van der Waals surface area (Å²) in [4.78, 5) is 15.0. The third kappa shape index (κ3) is 3.66. The van der Waals surface area contributed by atoms with Crippen LogP contribution in [0.5, 0.6) is 0 Å². The fourth-order valence-corrected chi connectivity index (χ4v) is 6.00. The third-order valence-corrected chi connectivity index (χ3v) is 8.28. The summed E-state index contributed by atoms with van der Waals surface area (Å²) in [5.41, 5.74) is 3.05. The van der Waals surface area contributed by atoms with E-state index in [4.69, 9.17) is 4.74 Å². The van der Waals surface area contributed by atoms with Gasteiger partial charge in [-0.2, -0.15) is 4.31 Å². The number of nitrogens with zero attached hydrogens (tertiary/aromatic N) is 2. The van der Waals surface area contributed by atoms with Crippen molar-refractivity contribution in [1.29, 1.82) is 0 Å². The summed E-state index contributed by atoms with van der Waals surface area (Å²) in [5.74, 6) is -0.0149. The van der Waals surface area contributed by atoms with Crippen molar-refractivity contribution in [3.63, 3.8) is 0 Å². The molecule has 4 rings (SSSR count). The maximum Gasteiger partial charge on any atom is 0.253 e. The van der Waals surface area contributed by atoms with E-state index in [1.54, 1.807) is 29.2 Å². The summed E-state index contributed by atoms with van der Waals surface area (Å²) in [6.45, 7) is 7.58. The first-order valence-electron chi connectivity index (χ1n) is 10.3. The Morgan fingerprint density at radius 1 is 0.933 bits per heavy atom. The van der Waals surface area contributed by atoms with Crippen molar-refractivity contribution in [3.8, 4) is 0 Å². The molecule has 0 N–H and O–H groups in total. The zero-order valence-corrected chi connectivity index (χ0v) is 18.5. The van der Waals surface area contributed by atoms with E-state index in [2.05, 4.69) is 0 Å². The Kier molecular flexibility index (Phi) is 5.46. The number of likely N-dealkylation sites (tertiary alicyclic amines) is 1. The van der Waals surface area contributed by atoms with Gasteiger partial charge in [0.15, 0.2) is 0 Å². The molecular formula is C23H28N2O4S. The average molecular weight is 429 g/mol. The lowest BCUT2D eigenvalue weighted by Gasteiger charge is -2.42. The highest BCUT2D eigenvalue weighted by Crippen LogP contribution is 2.38. The van der Waals surface area contributed by atoms with Gasteiger partial charge in [-0.3, -0.25) is 4.79 Å². The molecule has 30 heavy (non-hydrogen) atoms. The molecule has 2 aromatic rings. The first kappa shape index (κ1) is 21.0. The molecule has 2 aliphatic heterocycles. The van der Waals surface area contributed by atoms with E-state index in [1.807, 2.05) is 39.0 Å². The number of carbonyl (C=O) groups excluding carboxylic acids is 1. The fourth-order valence-electron chi connectivity index (χ4n) is 4.28. The van der Waals surface area contributed by atoms with E-state index >= 15 is 0 Å². The highest BCUT2D eigenvalue weighted by Gasteiger charge is 2.51. The Labute approximate surface area is 178 Å². The van der Waals surface area contributed by atoms with Gasteiger partial charge in [-0.25, -0.2) is 8.42 Å². The van der Waals surface area contributed by atoms with Crippen LogP contribution in [0.25, 0.3) is 0 Å². The van der Waals surface area contributed by atoms with Crippen molar-refractivity contribution < 1.29 is 17.9 Å². The summed E-state index contributed by atoms with van der Waals surface area (Å²) in [6, 6.07) is 12.6. The van der Waals surface area contributed by atoms with E-state index in [-0.39, 0.29) is 10.8 Å². The van der Waals surface area contributed by atoms with E-state index < -0.39 is 15.7 Å². The summed E-state index contributed by atoms with van der Waals surface area (Å²) in [7, 11) is -3.66. The number of piperidine rings is 1. The number of benzene rings is 2. The van der Waals surface area contributed by atoms with Crippen molar-refractivity contribution in [1.82, 2.24) is 9.21 Å². The number of rotatable bonds is 3. The highest BCUT2D eigenvalue weighted by atomic mass is 32.2. The second-order valence-corrected chi connectivity index (χ2v) is 10.1. The third-order valence-electron chi connectivity index (χ3n) is 6.31. The van der Waals surface area contributed by atoms with Crippen molar-refractivity contribution in [3.05, 3.63) is 64.7 Å². The highest BCUT2D eigenvalue weighted by molar-refractivity contribution is 7.89. The van der Waals surface area contributed by atoms with Crippen LogP contribution in [0.1, 0.15) is 39.9 Å². The number of hydrogen-bond donors (Lipinski definition) is 0. The fraction of sp³-hybridized carbons (Fsp3) is 0.435. The minimum Gasteiger partial charge on any atom is -0.358 e. The minimum absolute atomic E-state index is 0.0149. The van der Waals surface area contributed by atoms with Crippen LogP contribution in [0.3, 0.4) is 0 Å². The van der Waals surface area contributed by atoms with Crippen LogP contribution in [0, 0.1) is 20.8 Å². The molecule has 2 aromatic carbocycles. The normalized spacial score (nSPS) is 19.4. The molecule has 1 amide bonds. The van der Waals surface area contributed by atoms with Gasteiger partial charge in [-0.05, 0) is 56.2 Å². The molecule has 0 unspecified atom stereocenters. The lowest BCUT2D eigenvalue weighted by Crippen LogP contribution is -2.55. The Bertz CT molecular complexity index is 1060. The van der Waals surface area contributed by atoms with Crippen molar-refractivity contribution in [2.75, 3.05) is 26.2 Å².